The topological polar surface area (TPSA) is 51.5 Å². The summed E-state index contributed by atoms with van der Waals surface area (Å²) in [6, 6.07) is 2.08. The fourth-order valence-corrected chi connectivity index (χ4v) is 1.63. The van der Waals surface area contributed by atoms with E-state index in [9.17, 15) is 0 Å². The largest absolute Gasteiger partial charge is 0.379 e. The Labute approximate surface area is 97.5 Å². The van der Waals surface area contributed by atoms with Gasteiger partial charge in [0, 0.05) is 19.6 Å². The highest BCUT2D eigenvalue weighted by Crippen LogP contribution is 2.12. The first-order chi connectivity index (χ1) is 7.93. The third-order valence-corrected chi connectivity index (χ3v) is 2.53. The van der Waals surface area contributed by atoms with E-state index in [0.29, 0.717) is 32.8 Å². The van der Waals surface area contributed by atoms with Crippen LogP contribution in [0.3, 0.4) is 0 Å². The lowest BCUT2D eigenvalue weighted by Gasteiger charge is -2.22. The molecule has 1 fully saturated rings. The Kier molecular flexibility index (Phi) is 8.05. The van der Waals surface area contributed by atoms with Gasteiger partial charge in [-0.05, 0) is 25.7 Å². The lowest BCUT2D eigenvalue weighted by molar-refractivity contribution is -0.0507. The summed E-state index contributed by atoms with van der Waals surface area (Å²) in [4.78, 5) is 0. The van der Waals surface area contributed by atoms with Gasteiger partial charge in [-0.1, -0.05) is 0 Å². The molecular formula is C12H21NO3. The Morgan fingerprint density at radius 3 is 2.81 bits per heavy atom. The van der Waals surface area contributed by atoms with Gasteiger partial charge in [-0.15, -0.1) is 0 Å². The molecule has 1 aliphatic rings. The van der Waals surface area contributed by atoms with Crippen LogP contribution in [0.5, 0.6) is 0 Å². The van der Waals surface area contributed by atoms with E-state index < -0.39 is 0 Å². The number of nitriles is 1. The van der Waals surface area contributed by atoms with Gasteiger partial charge in [-0.2, -0.15) is 5.26 Å². The first kappa shape index (κ1) is 13.4. The van der Waals surface area contributed by atoms with Crippen LogP contribution in [0.15, 0.2) is 0 Å². The van der Waals surface area contributed by atoms with Crippen molar-refractivity contribution in [2.45, 2.75) is 38.2 Å². The highest BCUT2D eigenvalue weighted by molar-refractivity contribution is 4.67. The molecule has 0 amide bonds. The summed E-state index contributed by atoms with van der Waals surface area (Å²) in [6.45, 7) is 3.43. The smallest absolute Gasteiger partial charge is 0.0808 e. The van der Waals surface area contributed by atoms with Crippen molar-refractivity contribution in [3.8, 4) is 6.07 Å². The third kappa shape index (κ3) is 6.78. The number of ether oxygens (including phenoxy) is 3. The van der Waals surface area contributed by atoms with E-state index in [0.717, 1.165) is 19.4 Å². The summed E-state index contributed by atoms with van der Waals surface area (Å²) >= 11 is 0. The minimum Gasteiger partial charge on any atom is -0.379 e. The lowest BCUT2D eigenvalue weighted by atomic mass is 10.1. The predicted molar refractivity (Wildman–Crippen MR) is 60.1 cm³/mol. The van der Waals surface area contributed by atoms with E-state index in [1.165, 1.54) is 12.8 Å². The molecule has 92 valence electrons. The number of hydrogen-bond donors (Lipinski definition) is 0. The Bertz CT molecular complexity index is 197. The first-order valence-electron chi connectivity index (χ1n) is 6.07. The average molecular weight is 227 g/mol. The summed E-state index contributed by atoms with van der Waals surface area (Å²) in [5.41, 5.74) is 0. The Hall–Kier alpha value is -0.630. The molecule has 0 aliphatic carbocycles. The van der Waals surface area contributed by atoms with Crippen molar-refractivity contribution in [1.29, 1.82) is 5.26 Å². The van der Waals surface area contributed by atoms with Gasteiger partial charge < -0.3 is 14.2 Å². The zero-order chi connectivity index (χ0) is 11.5. The SMILES string of the molecule is N#CCCCOCCOCC1CCCCO1. The Morgan fingerprint density at radius 1 is 1.19 bits per heavy atom. The van der Waals surface area contributed by atoms with Crippen molar-refractivity contribution in [1.82, 2.24) is 0 Å². The Morgan fingerprint density at radius 2 is 2.06 bits per heavy atom. The molecule has 0 aromatic carbocycles. The van der Waals surface area contributed by atoms with Crippen molar-refractivity contribution in [3.63, 3.8) is 0 Å². The highest BCUT2D eigenvalue weighted by atomic mass is 16.5. The number of unbranched alkanes of at least 4 members (excludes halogenated alkanes) is 1. The maximum absolute atomic E-state index is 8.31. The number of rotatable bonds is 8. The van der Waals surface area contributed by atoms with Gasteiger partial charge in [0.2, 0.25) is 0 Å². The molecule has 1 aliphatic heterocycles. The standard InChI is InChI=1S/C12H21NO3/c13-6-2-4-7-14-9-10-15-11-12-5-1-3-8-16-12/h12H,1-5,7-11H2. The molecule has 1 rings (SSSR count). The fraction of sp³-hybridized carbons (Fsp3) is 0.917. The molecule has 4 heteroatoms. The maximum Gasteiger partial charge on any atom is 0.0808 e. The van der Waals surface area contributed by atoms with Crippen LogP contribution in [0.1, 0.15) is 32.1 Å². The molecule has 0 saturated carbocycles. The molecule has 4 nitrogen and oxygen atoms in total. The summed E-state index contributed by atoms with van der Waals surface area (Å²) in [5.74, 6) is 0. The van der Waals surface area contributed by atoms with E-state index in [1.807, 2.05) is 0 Å². The molecule has 0 N–H and O–H groups in total. The zero-order valence-electron chi connectivity index (χ0n) is 9.82. The van der Waals surface area contributed by atoms with Gasteiger partial charge in [0.05, 0.1) is 32.0 Å². The monoisotopic (exact) mass is 227 g/mol. The lowest BCUT2D eigenvalue weighted by Crippen LogP contribution is -2.25. The number of nitrogens with zero attached hydrogens (tertiary/aromatic N) is 1. The second kappa shape index (κ2) is 9.59. The van der Waals surface area contributed by atoms with Crippen LogP contribution in [0.25, 0.3) is 0 Å². The van der Waals surface area contributed by atoms with E-state index in [2.05, 4.69) is 6.07 Å². The normalized spacial score (nSPS) is 20.6. The van der Waals surface area contributed by atoms with Crippen molar-refractivity contribution >= 4 is 0 Å². The summed E-state index contributed by atoms with van der Waals surface area (Å²) in [5, 5.41) is 8.31. The second-order valence-corrected chi connectivity index (χ2v) is 3.94. The highest BCUT2D eigenvalue weighted by Gasteiger charge is 2.13. The molecule has 1 saturated heterocycles. The van der Waals surface area contributed by atoms with Crippen molar-refractivity contribution in [2.24, 2.45) is 0 Å². The molecule has 1 atom stereocenters. The Balaban J connectivity index is 1.79. The van der Waals surface area contributed by atoms with Gasteiger partial charge in [0.25, 0.3) is 0 Å². The van der Waals surface area contributed by atoms with Crippen LogP contribution < -0.4 is 0 Å². The zero-order valence-corrected chi connectivity index (χ0v) is 9.82. The molecule has 16 heavy (non-hydrogen) atoms. The van der Waals surface area contributed by atoms with Crippen LogP contribution in [0.4, 0.5) is 0 Å². The molecule has 0 bridgehead atoms. The molecular weight excluding hydrogens is 206 g/mol. The molecule has 1 unspecified atom stereocenters. The van der Waals surface area contributed by atoms with Crippen LogP contribution >= 0.6 is 0 Å². The van der Waals surface area contributed by atoms with E-state index in [4.69, 9.17) is 19.5 Å². The van der Waals surface area contributed by atoms with Crippen LogP contribution in [-0.2, 0) is 14.2 Å². The van der Waals surface area contributed by atoms with Gasteiger partial charge >= 0.3 is 0 Å². The van der Waals surface area contributed by atoms with Gasteiger partial charge in [-0.3, -0.25) is 0 Å². The van der Waals surface area contributed by atoms with Crippen LogP contribution in [0.2, 0.25) is 0 Å². The first-order valence-corrected chi connectivity index (χ1v) is 6.07. The minimum absolute atomic E-state index is 0.285. The number of hydrogen-bond acceptors (Lipinski definition) is 4. The summed E-state index contributed by atoms with van der Waals surface area (Å²) in [7, 11) is 0. The van der Waals surface area contributed by atoms with Gasteiger partial charge in [-0.25, -0.2) is 0 Å². The molecule has 0 aromatic rings. The fourth-order valence-electron chi connectivity index (χ4n) is 1.63. The van der Waals surface area contributed by atoms with E-state index in [1.54, 1.807) is 0 Å². The van der Waals surface area contributed by atoms with E-state index >= 15 is 0 Å². The van der Waals surface area contributed by atoms with Crippen molar-refractivity contribution in [2.75, 3.05) is 33.0 Å². The van der Waals surface area contributed by atoms with Crippen LogP contribution in [0, 0.1) is 11.3 Å². The predicted octanol–water partition coefficient (Wildman–Crippen LogP) is 1.89. The summed E-state index contributed by atoms with van der Waals surface area (Å²) in [6.07, 6.45) is 5.20. The molecule has 0 aromatic heterocycles. The quantitative estimate of drug-likeness (QED) is 0.594. The van der Waals surface area contributed by atoms with Gasteiger partial charge in [0.1, 0.15) is 0 Å². The van der Waals surface area contributed by atoms with Crippen molar-refractivity contribution in [3.05, 3.63) is 0 Å². The van der Waals surface area contributed by atoms with Gasteiger partial charge in [0.15, 0.2) is 0 Å². The van der Waals surface area contributed by atoms with Crippen molar-refractivity contribution < 1.29 is 14.2 Å². The second-order valence-electron chi connectivity index (χ2n) is 3.94. The minimum atomic E-state index is 0.285. The van der Waals surface area contributed by atoms with Crippen LogP contribution in [-0.4, -0.2) is 39.1 Å². The average Bonchev–Trinajstić information content (AvgIpc) is 2.34. The maximum atomic E-state index is 8.31. The van der Waals surface area contributed by atoms with E-state index in [-0.39, 0.29) is 6.10 Å². The summed E-state index contributed by atoms with van der Waals surface area (Å²) < 4.78 is 16.3. The molecule has 0 radical (unpaired) electrons. The third-order valence-electron chi connectivity index (χ3n) is 2.53. The molecule has 1 heterocycles. The molecule has 0 spiro atoms.